The summed E-state index contributed by atoms with van der Waals surface area (Å²) in [5.41, 5.74) is 2.15. The fourth-order valence-electron chi connectivity index (χ4n) is 2.65. The summed E-state index contributed by atoms with van der Waals surface area (Å²) >= 11 is 0. The second kappa shape index (κ2) is 7.79. The van der Waals surface area contributed by atoms with Gasteiger partial charge in [0.1, 0.15) is 0 Å². The Bertz CT molecular complexity index is 666. The molecule has 1 aliphatic rings. The molecule has 24 heavy (non-hydrogen) atoms. The highest BCUT2D eigenvalue weighted by atomic mass is 19.1. The van der Waals surface area contributed by atoms with Crippen LogP contribution in [0.15, 0.2) is 30.6 Å². The third kappa shape index (κ3) is 4.57. The Balaban J connectivity index is 1.48. The Hall–Kier alpha value is -1.88. The minimum absolute atomic E-state index is 0.0956. The number of nitrogens with zero attached hydrogens (tertiary/aromatic N) is 2. The predicted octanol–water partition coefficient (Wildman–Crippen LogP) is 3.72. The summed E-state index contributed by atoms with van der Waals surface area (Å²) in [6, 6.07) is 5.36. The molecule has 1 aromatic heterocycles. The van der Waals surface area contributed by atoms with Crippen LogP contribution in [0.3, 0.4) is 0 Å². The highest BCUT2D eigenvalue weighted by Gasteiger charge is 2.22. The molecule has 4 nitrogen and oxygen atoms in total. The highest BCUT2D eigenvalue weighted by molar-refractivity contribution is 5.31. The molecule has 1 heterocycles. The van der Waals surface area contributed by atoms with Crippen LogP contribution in [0.1, 0.15) is 43.9 Å². The lowest BCUT2D eigenvalue weighted by Gasteiger charge is -2.15. The summed E-state index contributed by atoms with van der Waals surface area (Å²) in [6.45, 7) is 6.48. The van der Waals surface area contributed by atoms with Crippen LogP contribution in [0.25, 0.3) is 0 Å². The molecule has 3 rings (SSSR count). The van der Waals surface area contributed by atoms with Gasteiger partial charge in [-0.25, -0.2) is 4.39 Å². The summed E-state index contributed by atoms with van der Waals surface area (Å²) in [7, 11) is 0. The number of ether oxygens (including phenoxy) is 1. The molecule has 0 bridgehead atoms. The quantitative estimate of drug-likeness (QED) is 0.761. The molecule has 130 valence electrons. The number of hydrogen-bond acceptors (Lipinski definition) is 3. The van der Waals surface area contributed by atoms with Crippen molar-refractivity contribution in [2.75, 3.05) is 13.2 Å². The van der Waals surface area contributed by atoms with Gasteiger partial charge in [-0.1, -0.05) is 6.07 Å². The van der Waals surface area contributed by atoms with Gasteiger partial charge < -0.3 is 10.1 Å². The lowest BCUT2D eigenvalue weighted by atomic mass is 10.1. The van der Waals surface area contributed by atoms with E-state index in [0.717, 1.165) is 25.1 Å². The zero-order valence-electron chi connectivity index (χ0n) is 14.5. The van der Waals surface area contributed by atoms with Crippen LogP contribution in [0, 0.1) is 11.7 Å². The maximum atomic E-state index is 14.1. The van der Waals surface area contributed by atoms with E-state index in [1.54, 1.807) is 12.1 Å². The topological polar surface area (TPSA) is 39.1 Å². The van der Waals surface area contributed by atoms with E-state index >= 15 is 0 Å². The Morgan fingerprint density at radius 1 is 1.42 bits per heavy atom. The van der Waals surface area contributed by atoms with Gasteiger partial charge in [0.2, 0.25) is 0 Å². The van der Waals surface area contributed by atoms with Gasteiger partial charge in [0.05, 0.1) is 12.8 Å². The third-order valence-corrected chi connectivity index (χ3v) is 4.50. The van der Waals surface area contributed by atoms with Gasteiger partial charge in [-0.3, -0.25) is 4.68 Å². The molecule has 1 unspecified atom stereocenters. The second-order valence-electron chi connectivity index (χ2n) is 6.57. The molecule has 0 spiro atoms. The van der Waals surface area contributed by atoms with E-state index in [2.05, 4.69) is 30.5 Å². The van der Waals surface area contributed by atoms with Crippen LogP contribution in [0.4, 0.5) is 4.39 Å². The smallest absolute Gasteiger partial charge is 0.165 e. The van der Waals surface area contributed by atoms with Crippen molar-refractivity contribution >= 4 is 0 Å². The molecule has 1 aromatic carbocycles. The summed E-state index contributed by atoms with van der Waals surface area (Å²) in [5, 5.41) is 7.71. The minimum Gasteiger partial charge on any atom is -0.490 e. The Kier molecular flexibility index (Phi) is 5.51. The van der Waals surface area contributed by atoms with E-state index in [1.165, 1.54) is 18.4 Å². The van der Waals surface area contributed by atoms with E-state index < -0.39 is 0 Å². The number of aromatic nitrogens is 2. The van der Waals surface area contributed by atoms with E-state index in [-0.39, 0.29) is 11.9 Å². The highest BCUT2D eigenvalue weighted by Crippen LogP contribution is 2.30. The fourth-order valence-corrected chi connectivity index (χ4v) is 2.65. The third-order valence-electron chi connectivity index (χ3n) is 4.50. The summed E-state index contributed by atoms with van der Waals surface area (Å²) in [5.74, 6) is 0.720. The Morgan fingerprint density at radius 2 is 2.25 bits per heavy atom. The first kappa shape index (κ1) is 17.0. The van der Waals surface area contributed by atoms with Crippen LogP contribution in [-0.4, -0.2) is 22.9 Å². The van der Waals surface area contributed by atoms with E-state index in [9.17, 15) is 4.39 Å². The first-order valence-electron chi connectivity index (χ1n) is 8.82. The standard InChI is InChI=1S/C19H26FN3O/c1-3-23-12-16(11-22-23)8-9-21-14(2)17-6-7-19(18(20)10-17)24-13-15-4-5-15/h6-7,10-12,14-15,21H,3-5,8-9,13H2,1-2H3. The molecule has 0 aliphatic heterocycles. The van der Waals surface area contributed by atoms with Crippen LogP contribution >= 0.6 is 0 Å². The van der Waals surface area contributed by atoms with Crippen LogP contribution in [0.5, 0.6) is 5.75 Å². The van der Waals surface area contributed by atoms with Gasteiger partial charge >= 0.3 is 0 Å². The summed E-state index contributed by atoms with van der Waals surface area (Å²) in [6.07, 6.45) is 7.30. The molecule has 1 aliphatic carbocycles. The number of benzene rings is 1. The van der Waals surface area contributed by atoms with Gasteiger partial charge in [-0.05, 0) is 68.8 Å². The molecule has 0 saturated heterocycles. The Labute approximate surface area is 143 Å². The number of nitrogens with one attached hydrogen (secondary N) is 1. The van der Waals surface area contributed by atoms with Crippen LogP contribution < -0.4 is 10.1 Å². The van der Waals surface area contributed by atoms with Crippen molar-refractivity contribution in [3.05, 3.63) is 47.5 Å². The molecule has 1 N–H and O–H groups in total. The van der Waals surface area contributed by atoms with Crippen molar-refractivity contribution in [3.63, 3.8) is 0 Å². The Morgan fingerprint density at radius 3 is 2.92 bits per heavy atom. The van der Waals surface area contributed by atoms with Gasteiger partial charge in [0, 0.05) is 18.8 Å². The van der Waals surface area contributed by atoms with Crippen LogP contribution in [0.2, 0.25) is 0 Å². The molecule has 0 radical (unpaired) electrons. The van der Waals surface area contributed by atoms with E-state index in [1.807, 2.05) is 16.9 Å². The van der Waals surface area contributed by atoms with Crippen LogP contribution in [-0.2, 0) is 13.0 Å². The van der Waals surface area contributed by atoms with E-state index in [0.29, 0.717) is 18.3 Å². The lowest BCUT2D eigenvalue weighted by Crippen LogP contribution is -2.21. The first-order chi connectivity index (χ1) is 11.7. The zero-order chi connectivity index (χ0) is 16.9. The van der Waals surface area contributed by atoms with Crippen molar-refractivity contribution in [1.82, 2.24) is 15.1 Å². The normalized spacial score (nSPS) is 15.5. The number of halogens is 1. The number of hydrogen-bond donors (Lipinski definition) is 1. The molecule has 2 aromatic rings. The zero-order valence-corrected chi connectivity index (χ0v) is 14.5. The maximum absolute atomic E-state index is 14.1. The predicted molar refractivity (Wildman–Crippen MR) is 92.6 cm³/mol. The van der Waals surface area contributed by atoms with Gasteiger partial charge in [0.15, 0.2) is 11.6 Å². The molecular weight excluding hydrogens is 305 g/mol. The number of rotatable bonds is 9. The second-order valence-corrected chi connectivity index (χ2v) is 6.57. The summed E-state index contributed by atoms with van der Waals surface area (Å²) in [4.78, 5) is 0. The van der Waals surface area contributed by atoms with Gasteiger partial charge in [-0.2, -0.15) is 5.10 Å². The molecule has 5 heteroatoms. The van der Waals surface area contributed by atoms with E-state index in [4.69, 9.17) is 4.74 Å². The molecule has 1 fully saturated rings. The molecule has 1 saturated carbocycles. The average molecular weight is 331 g/mol. The number of aryl methyl sites for hydroxylation is 1. The van der Waals surface area contributed by atoms with Crippen molar-refractivity contribution < 1.29 is 9.13 Å². The fraction of sp³-hybridized carbons (Fsp3) is 0.526. The molecule has 0 amide bonds. The monoisotopic (exact) mass is 331 g/mol. The summed E-state index contributed by atoms with van der Waals surface area (Å²) < 4.78 is 21.6. The SMILES string of the molecule is CCn1cc(CCNC(C)c2ccc(OCC3CC3)c(F)c2)cn1. The van der Waals surface area contributed by atoms with Crippen molar-refractivity contribution in [1.29, 1.82) is 0 Å². The molecule has 1 atom stereocenters. The molecular formula is C19H26FN3O. The minimum atomic E-state index is -0.272. The largest absolute Gasteiger partial charge is 0.490 e. The average Bonchev–Trinajstić information content (AvgIpc) is 3.30. The van der Waals surface area contributed by atoms with Crippen molar-refractivity contribution in [2.24, 2.45) is 5.92 Å². The maximum Gasteiger partial charge on any atom is 0.165 e. The van der Waals surface area contributed by atoms with Gasteiger partial charge in [-0.15, -0.1) is 0 Å². The van der Waals surface area contributed by atoms with Crippen molar-refractivity contribution in [2.45, 2.75) is 45.7 Å². The van der Waals surface area contributed by atoms with Crippen molar-refractivity contribution in [3.8, 4) is 5.75 Å². The first-order valence-corrected chi connectivity index (χ1v) is 8.82. The van der Waals surface area contributed by atoms with Gasteiger partial charge in [0.25, 0.3) is 0 Å². The lowest BCUT2D eigenvalue weighted by molar-refractivity contribution is 0.285.